The molecule has 1 aliphatic rings. The maximum absolute atomic E-state index is 13.4. The molecule has 6 nitrogen and oxygen atoms in total. The van der Waals surface area contributed by atoms with Gasteiger partial charge in [-0.1, -0.05) is 17.4 Å². The number of amides is 1. The van der Waals surface area contributed by atoms with Crippen molar-refractivity contribution < 1.29 is 23.5 Å². The summed E-state index contributed by atoms with van der Waals surface area (Å²) in [5, 5.41) is 11.4. The summed E-state index contributed by atoms with van der Waals surface area (Å²) in [5.74, 6) is -1.64. The lowest BCUT2D eigenvalue weighted by Crippen LogP contribution is -2.29. The number of hydrogen-bond acceptors (Lipinski definition) is 6. The number of ketones is 1. The molecule has 0 radical (unpaired) electrons. The van der Waals surface area contributed by atoms with E-state index in [1.54, 1.807) is 19.1 Å². The molecule has 0 aliphatic carbocycles. The summed E-state index contributed by atoms with van der Waals surface area (Å²) >= 11 is 1.29. The topological polar surface area (TPSA) is 83.6 Å². The highest BCUT2D eigenvalue weighted by Gasteiger charge is 2.49. The summed E-state index contributed by atoms with van der Waals surface area (Å²) in [5.41, 5.74) is 2.86. The van der Waals surface area contributed by atoms with Gasteiger partial charge in [0.05, 0.1) is 15.8 Å². The fraction of sp³-hybridized carbons (Fsp3) is 0.160. The summed E-state index contributed by atoms with van der Waals surface area (Å²) < 4.78 is 20.1. The molecule has 2 aromatic heterocycles. The van der Waals surface area contributed by atoms with Gasteiger partial charge in [0, 0.05) is 5.56 Å². The van der Waals surface area contributed by atoms with E-state index in [4.69, 9.17) is 4.42 Å². The lowest BCUT2D eigenvalue weighted by Gasteiger charge is -2.20. The Kier molecular flexibility index (Phi) is 4.90. The molecule has 1 atom stereocenters. The molecule has 8 heteroatoms. The molecule has 0 spiro atoms. The van der Waals surface area contributed by atoms with E-state index in [0.29, 0.717) is 16.7 Å². The van der Waals surface area contributed by atoms with E-state index in [2.05, 4.69) is 4.98 Å². The van der Waals surface area contributed by atoms with E-state index in [-0.39, 0.29) is 11.1 Å². The smallest absolute Gasteiger partial charge is 0.302 e. The molecule has 0 saturated carbocycles. The highest BCUT2D eigenvalue weighted by Crippen LogP contribution is 2.45. The quantitative estimate of drug-likeness (QED) is 0.244. The fourth-order valence-corrected chi connectivity index (χ4v) is 5.29. The highest BCUT2D eigenvalue weighted by atomic mass is 32.1. The molecule has 33 heavy (non-hydrogen) atoms. The number of aryl methyl sites for hydroxylation is 3. The van der Waals surface area contributed by atoms with Crippen molar-refractivity contribution in [1.29, 1.82) is 0 Å². The van der Waals surface area contributed by atoms with Gasteiger partial charge in [-0.25, -0.2) is 9.37 Å². The van der Waals surface area contributed by atoms with Crippen molar-refractivity contribution in [1.82, 2.24) is 4.98 Å². The zero-order valence-corrected chi connectivity index (χ0v) is 18.9. The van der Waals surface area contributed by atoms with Gasteiger partial charge in [0.15, 0.2) is 5.13 Å². The lowest BCUT2D eigenvalue weighted by molar-refractivity contribution is -0.132. The minimum absolute atomic E-state index is 0.131. The largest absolute Gasteiger partial charge is 0.507 e. The van der Waals surface area contributed by atoms with Crippen LogP contribution in [0.15, 0.2) is 58.5 Å². The average molecular weight is 463 g/mol. The monoisotopic (exact) mass is 462 g/mol. The Hall–Kier alpha value is -3.78. The van der Waals surface area contributed by atoms with Gasteiger partial charge in [0.1, 0.15) is 29.1 Å². The van der Waals surface area contributed by atoms with Gasteiger partial charge >= 0.3 is 5.91 Å². The zero-order valence-electron chi connectivity index (χ0n) is 18.0. The Labute approximate surface area is 192 Å². The zero-order chi connectivity index (χ0) is 23.4. The number of aliphatic hydroxyl groups is 1. The highest BCUT2D eigenvalue weighted by molar-refractivity contribution is 7.22. The fourth-order valence-electron chi connectivity index (χ4n) is 4.12. The summed E-state index contributed by atoms with van der Waals surface area (Å²) in [6, 6.07) is 11.4. The van der Waals surface area contributed by atoms with Gasteiger partial charge in [0.2, 0.25) is 0 Å². The molecule has 1 N–H and O–H groups in total. The maximum Gasteiger partial charge on any atom is 0.302 e. The Morgan fingerprint density at radius 3 is 2.48 bits per heavy atom. The molecule has 3 heterocycles. The van der Waals surface area contributed by atoms with Crippen LogP contribution < -0.4 is 4.90 Å². The maximum atomic E-state index is 13.4. The number of thiazole rings is 1. The van der Waals surface area contributed by atoms with Crippen molar-refractivity contribution >= 4 is 44.1 Å². The summed E-state index contributed by atoms with van der Waals surface area (Å²) in [4.78, 5) is 32.3. The van der Waals surface area contributed by atoms with Crippen molar-refractivity contribution in [3.05, 3.63) is 88.1 Å². The molecule has 1 aliphatic heterocycles. The van der Waals surface area contributed by atoms with Gasteiger partial charge in [-0.2, -0.15) is 0 Å². The minimum atomic E-state index is -1.01. The molecular formula is C25H19FN2O4S. The van der Waals surface area contributed by atoms with Crippen LogP contribution in [0.2, 0.25) is 0 Å². The number of fused-ring (bicyclic) bond motifs is 1. The van der Waals surface area contributed by atoms with Crippen LogP contribution in [0, 0.1) is 26.6 Å². The Balaban J connectivity index is 1.73. The van der Waals surface area contributed by atoms with E-state index in [9.17, 15) is 19.1 Å². The minimum Gasteiger partial charge on any atom is -0.507 e. The molecule has 166 valence electrons. The number of carbonyl (C=O) groups excluding carboxylic acids is 2. The van der Waals surface area contributed by atoms with E-state index in [1.165, 1.54) is 40.5 Å². The SMILES string of the molecule is Cc1cc(C)c2nc(N3C(=O)C(=O)C(=C(O)c4ccc(F)cc4)C3c3ccc(C)o3)sc2c1. The number of rotatable bonds is 3. The average Bonchev–Trinajstić information content (AvgIpc) is 3.45. The second kappa shape index (κ2) is 7.67. The lowest BCUT2D eigenvalue weighted by atomic mass is 9.99. The Bertz CT molecular complexity index is 1470. The Morgan fingerprint density at radius 1 is 1.09 bits per heavy atom. The van der Waals surface area contributed by atoms with E-state index in [1.807, 2.05) is 26.0 Å². The first-order valence-electron chi connectivity index (χ1n) is 10.3. The first-order chi connectivity index (χ1) is 15.7. The molecule has 2 aromatic carbocycles. The molecule has 1 amide bonds. The summed E-state index contributed by atoms with van der Waals surface area (Å²) in [7, 11) is 0. The third-order valence-corrected chi connectivity index (χ3v) is 6.62. The van der Waals surface area contributed by atoms with Crippen LogP contribution in [-0.4, -0.2) is 21.8 Å². The van der Waals surface area contributed by atoms with Crippen LogP contribution in [0.1, 0.15) is 34.3 Å². The number of anilines is 1. The third kappa shape index (κ3) is 3.43. The second-order valence-electron chi connectivity index (χ2n) is 8.05. The van der Waals surface area contributed by atoms with Crippen molar-refractivity contribution in [2.75, 3.05) is 4.90 Å². The second-order valence-corrected chi connectivity index (χ2v) is 9.06. The van der Waals surface area contributed by atoms with Crippen LogP contribution >= 0.6 is 11.3 Å². The normalized spacial score (nSPS) is 17.9. The van der Waals surface area contributed by atoms with Gasteiger partial charge in [0.25, 0.3) is 5.78 Å². The molecule has 5 rings (SSSR count). The van der Waals surface area contributed by atoms with E-state index >= 15 is 0 Å². The van der Waals surface area contributed by atoms with E-state index in [0.717, 1.165) is 21.3 Å². The van der Waals surface area contributed by atoms with Gasteiger partial charge in [-0.15, -0.1) is 0 Å². The molecule has 1 saturated heterocycles. The van der Waals surface area contributed by atoms with E-state index < -0.39 is 29.3 Å². The number of aromatic nitrogens is 1. The number of hydrogen-bond donors (Lipinski definition) is 1. The van der Waals surface area contributed by atoms with Gasteiger partial charge in [-0.3, -0.25) is 14.5 Å². The van der Waals surface area contributed by atoms with Crippen LogP contribution in [0.4, 0.5) is 9.52 Å². The van der Waals surface area contributed by atoms with Crippen LogP contribution in [0.3, 0.4) is 0 Å². The summed E-state index contributed by atoms with van der Waals surface area (Å²) in [6.45, 7) is 5.67. The van der Waals surface area contributed by atoms with Crippen molar-refractivity contribution in [2.45, 2.75) is 26.8 Å². The molecule has 0 bridgehead atoms. The van der Waals surface area contributed by atoms with Crippen LogP contribution in [0.5, 0.6) is 0 Å². The van der Waals surface area contributed by atoms with Crippen molar-refractivity contribution in [3.63, 3.8) is 0 Å². The number of furan rings is 1. The molecule has 1 fully saturated rings. The van der Waals surface area contributed by atoms with Crippen molar-refractivity contribution in [2.24, 2.45) is 0 Å². The number of Topliss-reactive ketones (excluding diaryl/α,β-unsaturated/α-hetero) is 1. The predicted molar refractivity (Wildman–Crippen MR) is 124 cm³/mol. The number of aliphatic hydroxyl groups excluding tert-OH is 1. The van der Waals surface area contributed by atoms with Gasteiger partial charge < -0.3 is 9.52 Å². The number of halogens is 1. The first kappa shape index (κ1) is 21.1. The van der Waals surface area contributed by atoms with Gasteiger partial charge in [-0.05, 0) is 74.4 Å². The third-order valence-electron chi connectivity index (χ3n) is 5.62. The Morgan fingerprint density at radius 2 is 1.82 bits per heavy atom. The van der Waals surface area contributed by atoms with Crippen LogP contribution in [0.25, 0.3) is 16.0 Å². The summed E-state index contributed by atoms with van der Waals surface area (Å²) in [6.07, 6.45) is 0. The number of carbonyl (C=O) groups is 2. The predicted octanol–water partition coefficient (Wildman–Crippen LogP) is 5.58. The molecular weight excluding hydrogens is 443 g/mol. The first-order valence-corrected chi connectivity index (χ1v) is 11.1. The number of benzene rings is 2. The van der Waals surface area contributed by atoms with Crippen molar-refractivity contribution in [3.8, 4) is 0 Å². The molecule has 1 unspecified atom stereocenters. The van der Waals surface area contributed by atoms with Crippen LogP contribution in [-0.2, 0) is 9.59 Å². The molecule has 4 aromatic rings. The number of nitrogens with zero attached hydrogens (tertiary/aromatic N) is 2. The standard InChI is InChI=1S/C25H19FN2O4S/c1-12-10-13(2)20-18(11-12)33-25(27-20)28-21(17-9-4-14(3)32-17)19(23(30)24(28)31)22(29)15-5-7-16(26)8-6-15/h4-11,21,29H,1-3H3.